The van der Waals surface area contributed by atoms with E-state index in [2.05, 4.69) is 31.1 Å². The van der Waals surface area contributed by atoms with Crippen LogP contribution in [-0.4, -0.2) is 53.2 Å². The van der Waals surface area contributed by atoms with Crippen LogP contribution in [0.2, 0.25) is 0 Å². The summed E-state index contributed by atoms with van der Waals surface area (Å²) in [6.45, 7) is 0. The highest BCUT2D eigenvalue weighted by Gasteiger charge is 2.28. The maximum atomic E-state index is 12.5. The Labute approximate surface area is 188 Å². The Bertz CT molecular complexity index is 1210. The number of ether oxygens (including phenoxy) is 2. The molecule has 33 heavy (non-hydrogen) atoms. The monoisotopic (exact) mass is 450 g/mol. The molecule has 0 spiro atoms. The van der Waals surface area contributed by atoms with E-state index in [4.69, 9.17) is 9.47 Å². The van der Waals surface area contributed by atoms with Gasteiger partial charge >= 0.3 is 0 Å². The number of benzene rings is 2. The fourth-order valence-electron chi connectivity index (χ4n) is 3.41. The number of rotatable bonds is 7. The van der Waals surface area contributed by atoms with Gasteiger partial charge in [-0.3, -0.25) is 24.8 Å². The molecule has 2 aromatic carbocycles. The normalized spacial score (nSPS) is 15.0. The third-order valence-electron chi connectivity index (χ3n) is 5.11. The Morgan fingerprint density at radius 3 is 2.70 bits per heavy atom. The molecule has 1 aromatic heterocycles. The van der Waals surface area contributed by atoms with E-state index in [-0.39, 0.29) is 30.6 Å². The summed E-state index contributed by atoms with van der Waals surface area (Å²) in [4.78, 5) is 41.5. The van der Waals surface area contributed by atoms with Crippen LogP contribution >= 0.6 is 0 Å². The van der Waals surface area contributed by atoms with E-state index >= 15 is 0 Å². The summed E-state index contributed by atoms with van der Waals surface area (Å²) in [6.07, 6.45) is 0.0887. The fraction of sp³-hybridized carbons (Fsp3) is 0.227. The summed E-state index contributed by atoms with van der Waals surface area (Å²) >= 11 is 0. The number of fused-ring (bicyclic) bond motifs is 1. The predicted molar refractivity (Wildman–Crippen MR) is 119 cm³/mol. The zero-order valence-corrected chi connectivity index (χ0v) is 18.0. The molecule has 0 bridgehead atoms. The van der Waals surface area contributed by atoms with Crippen molar-refractivity contribution in [2.24, 2.45) is 0 Å². The maximum Gasteiger partial charge on any atom is 0.254 e. The Hall–Kier alpha value is -4.41. The second-order valence-corrected chi connectivity index (χ2v) is 7.22. The van der Waals surface area contributed by atoms with Crippen LogP contribution in [-0.2, 0) is 9.59 Å². The molecule has 1 aliphatic rings. The molecule has 0 saturated heterocycles. The number of anilines is 2. The van der Waals surface area contributed by atoms with E-state index < -0.39 is 11.9 Å². The maximum absolute atomic E-state index is 12.5. The summed E-state index contributed by atoms with van der Waals surface area (Å²) < 4.78 is 10.5. The number of amides is 3. The van der Waals surface area contributed by atoms with Gasteiger partial charge in [-0.2, -0.15) is 4.98 Å². The quantitative estimate of drug-likeness (QED) is 0.430. The van der Waals surface area contributed by atoms with E-state index in [0.29, 0.717) is 34.1 Å². The first-order chi connectivity index (χ1) is 16.0. The van der Waals surface area contributed by atoms with Gasteiger partial charge in [-0.1, -0.05) is 12.1 Å². The van der Waals surface area contributed by atoms with Crippen molar-refractivity contribution in [2.45, 2.75) is 18.9 Å². The topological polar surface area (TPSA) is 147 Å². The average molecular weight is 450 g/mol. The molecule has 0 saturated carbocycles. The molecule has 0 radical (unpaired) electrons. The van der Waals surface area contributed by atoms with Crippen LogP contribution in [0.4, 0.5) is 11.6 Å². The number of para-hydroxylation sites is 1. The summed E-state index contributed by atoms with van der Waals surface area (Å²) in [7, 11) is 3.08. The molecule has 1 aliphatic heterocycles. The lowest BCUT2D eigenvalue weighted by Crippen LogP contribution is -2.41. The zero-order valence-electron chi connectivity index (χ0n) is 18.0. The molecule has 3 amide bonds. The van der Waals surface area contributed by atoms with Crippen LogP contribution in [0.1, 0.15) is 23.2 Å². The van der Waals surface area contributed by atoms with Crippen molar-refractivity contribution in [3.05, 3.63) is 48.0 Å². The number of carbonyl (C=O) groups is 3. The number of carbonyl (C=O) groups excluding carboxylic acids is 3. The van der Waals surface area contributed by atoms with Crippen molar-refractivity contribution in [1.82, 2.24) is 20.5 Å². The number of methoxy groups -OCH3 is 2. The second-order valence-electron chi connectivity index (χ2n) is 7.22. The third kappa shape index (κ3) is 4.76. The molecule has 0 unspecified atom stereocenters. The van der Waals surface area contributed by atoms with Crippen LogP contribution in [0.15, 0.2) is 42.5 Å². The van der Waals surface area contributed by atoms with Gasteiger partial charge in [0.15, 0.2) is 5.82 Å². The number of hydrogen-bond acceptors (Lipinski definition) is 7. The number of H-pyrrole nitrogens is 1. The first-order valence-corrected chi connectivity index (χ1v) is 10.1. The van der Waals surface area contributed by atoms with Crippen LogP contribution in [0.5, 0.6) is 11.5 Å². The van der Waals surface area contributed by atoms with Gasteiger partial charge < -0.3 is 20.1 Å². The van der Waals surface area contributed by atoms with E-state index in [0.717, 1.165) is 0 Å². The average Bonchev–Trinajstić information content (AvgIpc) is 3.24. The van der Waals surface area contributed by atoms with Crippen molar-refractivity contribution >= 4 is 29.4 Å². The summed E-state index contributed by atoms with van der Waals surface area (Å²) in [6, 6.07) is 11.1. The molecule has 0 aliphatic carbocycles. The lowest BCUT2D eigenvalue weighted by molar-refractivity contribution is -0.118. The van der Waals surface area contributed by atoms with Gasteiger partial charge in [0, 0.05) is 12.5 Å². The molecular formula is C22H22N6O5. The van der Waals surface area contributed by atoms with E-state index in [1.807, 2.05) is 0 Å². The summed E-state index contributed by atoms with van der Waals surface area (Å²) in [5.41, 5.74) is 1.46. The molecular weight excluding hydrogens is 428 g/mol. The molecule has 11 heteroatoms. The number of aromatic amines is 1. The van der Waals surface area contributed by atoms with Gasteiger partial charge in [-0.15, -0.1) is 5.10 Å². The summed E-state index contributed by atoms with van der Waals surface area (Å²) in [5, 5.41) is 14.7. The lowest BCUT2D eigenvalue weighted by Gasteiger charge is -2.13. The molecule has 11 nitrogen and oxygen atoms in total. The van der Waals surface area contributed by atoms with Crippen LogP contribution in [0.25, 0.3) is 11.4 Å². The highest BCUT2D eigenvalue weighted by atomic mass is 16.5. The molecule has 170 valence electrons. The van der Waals surface area contributed by atoms with Gasteiger partial charge in [0.2, 0.25) is 17.8 Å². The highest BCUT2D eigenvalue weighted by molar-refractivity contribution is 6.09. The van der Waals surface area contributed by atoms with Gasteiger partial charge in [0.05, 0.1) is 31.0 Å². The second kappa shape index (κ2) is 9.39. The summed E-state index contributed by atoms with van der Waals surface area (Å²) in [5.74, 6) is 0.480. The smallest absolute Gasteiger partial charge is 0.254 e. The van der Waals surface area contributed by atoms with E-state index in [1.165, 1.54) is 7.11 Å². The SMILES string of the molecule is COc1ccc(-c2nc(NC(=O)CC[C@@H]3NC(=O)c4ccccc4NC3=O)n[nH]2)c(OC)c1. The number of nitrogens with zero attached hydrogens (tertiary/aromatic N) is 2. The zero-order chi connectivity index (χ0) is 23.4. The van der Waals surface area contributed by atoms with Crippen LogP contribution < -0.4 is 25.4 Å². The molecule has 3 aromatic rings. The Morgan fingerprint density at radius 2 is 1.91 bits per heavy atom. The fourth-order valence-corrected chi connectivity index (χ4v) is 3.41. The number of nitrogens with one attached hydrogen (secondary N) is 4. The Balaban J connectivity index is 1.37. The van der Waals surface area contributed by atoms with E-state index in [9.17, 15) is 14.4 Å². The Morgan fingerprint density at radius 1 is 1.09 bits per heavy atom. The van der Waals surface area contributed by atoms with Crippen molar-refractivity contribution in [1.29, 1.82) is 0 Å². The van der Waals surface area contributed by atoms with Crippen LogP contribution in [0, 0.1) is 0 Å². The molecule has 0 fully saturated rings. The van der Waals surface area contributed by atoms with Crippen LogP contribution in [0.3, 0.4) is 0 Å². The number of hydrogen-bond donors (Lipinski definition) is 4. The minimum absolute atomic E-state index is 0.0234. The van der Waals surface area contributed by atoms with Gasteiger partial charge in [-0.25, -0.2) is 0 Å². The molecule has 2 heterocycles. The third-order valence-corrected chi connectivity index (χ3v) is 5.11. The number of aromatic nitrogens is 3. The van der Waals surface area contributed by atoms with Crippen molar-refractivity contribution in [3.63, 3.8) is 0 Å². The van der Waals surface area contributed by atoms with Gasteiger partial charge in [0.1, 0.15) is 17.5 Å². The standard InChI is InChI=1S/C22H22N6O5/c1-32-12-7-8-14(17(11-12)33-2)19-26-22(28-27-19)25-18(29)10-9-16-21(31)23-15-6-4-3-5-13(15)20(30)24-16/h3-8,11,16H,9-10H2,1-2H3,(H,23,31)(H,24,30)(H2,25,26,27,28,29)/t16-/m0/s1. The Kier molecular flexibility index (Phi) is 6.20. The van der Waals surface area contributed by atoms with E-state index in [1.54, 1.807) is 49.6 Å². The predicted octanol–water partition coefficient (Wildman–Crippen LogP) is 1.96. The largest absolute Gasteiger partial charge is 0.497 e. The molecule has 1 atom stereocenters. The lowest BCUT2D eigenvalue weighted by atomic mass is 10.1. The highest BCUT2D eigenvalue weighted by Crippen LogP contribution is 2.31. The molecule has 4 rings (SSSR count). The first-order valence-electron chi connectivity index (χ1n) is 10.1. The minimum Gasteiger partial charge on any atom is -0.497 e. The van der Waals surface area contributed by atoms with Gasteiger partial charge in [0.25, 0.3) is 5.91 Å². The van der Waals surface area contributed by atoms with Crippen molar-refractivity contribution in [3.8, 4) is 22.9 Å². The van der Waals surface area contributed by atoms with Crippen molar-refractivity contribution in [2.75, 3.05) is 24.9 Å². The van der Waals surface area contributed by atoms with Gasteiger partial charge in [-0.05, 0) is 30.7 Å². The molecule has 4 N–H and O–H groups in total. The first kappa shape index (κ1) is 21.8. The minimum atomic E-state index is -0.845. The van der Waals surface area contributed by atoms with Crippen molar-refractivity contribution < 1.29 is 23.9 Å².